The maximum Gasteiger partial charge on any atom is 0.137 e. The molecule has 0 saturated carbocycles. The van der Waals surface area contributed by atoms with Gasteiger partial charge in [0.15, 0.2) is 0 Å². The molecule has 77 valence electrons. The van der Waals surface area contributed by atoms with Crippen LogP contribution in [0.15, 0.2) is 48.8 Å². The van der Waals surface area contributed by atoms with Crippen LogP contribution in [-0.4, -0.2) is 9.55 Å². The molecule has 2 heterocycles. The highest BCUT2D eigenvalue weighted by molar-refractivity contribution is 5.81. The number of aromatic nitrogens is 2. The molecule has 0 aliphatic rings. The third-order valence-electron chi connectivity index (χ3n) is 2.68. The molecule has 0 unspecified atom stereocenters. The Bertz CT molecular complexity index is 621. The Labute approximate surface area is 94.2 Å². The Morgan fingerprint density at radius 1 is 1.19 bits per heavy atom. The van der Waals surface area contributed by atoms with Gasteiger partial charge in [0.2, 0.25) is 0 Å². The van der Waals surface area contributed by atoms with Crippen LogP contribution in [0.25, 0.3) is 16.7 Å². The predicted molar refractivity (Wildman–Crippen MR) is 64.6 cm³/mol. The molecule has 0 fully saturated rings. The van der Waals surface area contributed by atoms with E-state index in [-0.39, 0.29) is 0 Å². The first-order valence-electron chi connectivity index (χ1n) is 5.25. The van der Waals surface area contributed by atoms with E-state index in [0.29, 0.717) is 0 Å². The van der Waals surface area contributed by atoms with Gasteiger partial charge >= 0.3 is 0 Å². The van der Waals surface area contributed by atoms with Crippen LogP contribution >= 0.6 is 0 Å². The molecule has 0 amide bonds. The molecule has 2 aromatic heterocycles. The number of aryl methyl sites for hydroxylation is 1. The van der Waals surface area contributed by atoms with Gasteiger partial charge in [-0.1, -0.05) is 12.1 Å². The summed E-state index contributed by atoms with van der Waals surface area (Å²) < 4.78 is 2.09. The fourth-order valence-corrected chi connectivity index (χ4v) is 1.83. The van der Waals surface area contributed by atoms with E-state index in [9.17, 15) is 0 Å². The van der Waals surface area contributed by atoms with E-state index >= 15 is 0 Å². The van der Waals surface area contributed by atoms with Gasteiger partial charge in [-0.05, 0) is 42.8 Å². The number of pyridine rings is 1. The molecule has 1 radical (unpaired) electrons. The second-order valence-electron chi connectivity index (χ2n) is 3.86. The zero-order valence-corrected chi connectivity index (χ0v) is 9.01. The van der Waals surface area contributed by atoms with Crippen molar-refractivity contribution in [3.63, 3.8) is 0 Å². The van der Waals surface area contributed by atoms with Gasteiger partial charge in [0.1, 0.15) is 5.82 Å². The third-order valence-corrected chi connectivity index (χ3v) is 2.68. The van der Waals surface area contributed by atoms with Crippen LogP contribution in [0.1, 0.15) is 5.56 Å². The standard InChI is InChI=1S/C14H11N2/c1-11-6-7-14(15-10-11)16-9-8-12-4-2-3-5-13(12)16/h3-10H,1H3. The lowest BCUT2D eigenvalue weighted by atomic mass is 10.2. The minimum Gasteiger partial charge on any atom is -0.301 e. The van der Waals surface area contributed by atoms with Crippen molar-refractivity contribution in [1.29, 1.82) is 0 Å². The van der Waals surface area contributed by atoms with Crippen molar-refractivity contribution < 1.29 is 0 Å². The van der Waals surface area contributed by atoms with Gasteiger partial charge in [0.05, 0.1) is 5.52 Å². The molecule has 1 aromatic carbocycles. The second kappa shape index (κ2) is 3.49. The molecule has 0 spiro atoms. The first-order valence-corrected chi connectivity index (χ1v) is 5.25. The maximum absolute atomic E-state index is 4.42. The largest absolute Gasteiger partial charge is 0.301 e. The van der Waals surface area contributed by atoms with Crippen molar-refractivity contribution in [1.82, 2.24) is 9.55 Å². The molecule has 0 atom stereocenters. The number of nitrogens with zero attached hydrogens (tertiary/aromatic N) is 2. The topological polar surface area (TPSA) is 17.8 Å². The quantitative estimate of drug-likeness (QED) is 0.599. The Morgan fingerprint density at radius 2 is 2.12 bits per heavy atom. The molecule has 2 nitrogen and oxygen atoms in total. The number of rotatable bonds is 1. The van der Waals surface area contributed by atoms with Crippen LogP contribution in [0.3, 0.4) is 0 Å². The monoisotopic (exact) mass is 207 g/mol. The highest BCUT2D eigenvalue weighted by atomic mass is 15.0. The smallest absolute Gasteiger partial charge is 0.137 e. The molecule has 0 N–H and O–H groups in total. The summed E-state index contributed by atoms with van der Waals surface area (Å²) in [7, 11) is 0. The van der Waals surface area contributed by atoms with Crippen LogP contribution in [0.4, 0.5) is 0 Å². The van der Waals surface area contributed by atoms with E-state index in [1.807, 2.05) is 37.5 Å². The molecule has 0 aliphatic heterocycles. The fourth-order valence-electron chi connectivity index (χ4n) is 1.83. The lowest BCUT2D eigenvalue weighted by Crippen LogP contribution is -1.94. The molecule has 2 heteroatoms. The lowest BCUT2D eigenvalue weighted by Gasteiger charge is -2.04. The molecule has 3 aromatic rings. The molecular formula is C14H11N2. The molecule has 0 bridgehead atoms. The van der Waals surface area contributed by atoms with E-state index in [2.05, 4.69) is 33.8 Å². The fraction of sp³-hybridized carbons (Fsp3) is 0.0714. The zero-order valence-electron chi connectivity index (χ0n) is 9.01. The van der Waals surface area contributed by atoms with Crippen molar-refractivity contribution in [2.45, 2.75) is 6.92 Å². The molecule has 0 saturated heterocycles. The molecule has 3 rings (SSSR count). The minimum atomic E-state index is 0.951. The second-order valence-corrected chi connectivity index (χ2v) is 3.86. The van der Waals surface area contributed by atoms with Crippen molar-refractivity contribution in [3.8, 4) is 5.82 Å². The summed E-state index contributed by atoms with van der Waals surface area (Å²) in [4.78, 5) is 4.42. The van der Waals surface area contributed by atoms with Crippen LogP contribution < -0.4 is 0 Å². The first kappa shape index (κ1) is 9.16. The lowest BCUT2D eigenvalue weighted by molar-refractivity contribution is 1.04. The van der Waals surface area contributed by atoms with Crippen LogP contribution in [0, 0.1) is 13.0 Å². The van der Waals surface area contributed by atoms with Crippen LogP contribution in [0.5, 0.6) is 0 Å². The Hall–Kier alpha value is -2.09. The van der Waals surface area contributed by atoms with Crippen molar-refractivity contribution in [2.24, 2.45) is 0 Å². The number of hydrogen-bond donors (Lipinski definition) is 0. The van der Waals surface area contributed by atoms with Crippen molar-refractivity contribution >= 4 is 10.9 Å². The van der Waals surface area contributed by atoms with Crippen LogP contribution in [-0.2, 0) is 0 Å². The third kappa shape index (κ3) is 1.39. The van der Waals surface area contributed by atoms with Crippen molar-refractivity contribution in [3.05, 3.63) is 60.4 Å². The molecular weight excluding hydrogens is 196 g/mol. The van der Waals surface area contributed by atoms with E-state index in [1.54, 1.807) is 0 Å². The van der Waals surface area contributed by atoms with Gasteiger partial charge in [-0.25, -0.2) is 4.98 Å². The summed E-state index contributed by atoms with van der Waals surface area (Å²) in [5.41, 5.74) is 2.34. The first-order chi connectivity index (χ1) is 7.84. The summed E-state index contributed by atoms with van der Waals surface area (Å²) in [6, 6.07) is 15.2. The summed E-state index contributed by atoms with van der Waals surface area (Å²) in [5, 5.41) is 1.19. The normalized spacial score (nSPS) is 10.8. The molecule has 16 heavy (non-hydrogen) atoms. The Kier molecular flexibility index (Phi) is 2.00. The van der Waals surface area contributed by atoms with Gasteiger partial charge in [0.25, 0.3) is 0 Å². The summed E-state index contributed by atoms with van der Waals surface area (Å²) in [6.45, 7) is 2.04. The van der Waals surface area contributed by atoms with Gasteiger partial charge < -0.3 is 4.57 Å². The summed E-state index contributed by atoms with van der Waals surface area (Å²) in [5.74, 6) is 0.951. The summed E-state index contributed by atoms with van der Waals surface area (Å²) in [6.07, 6.45) is 3.92. The average Bonchev–Trinajstić information content (AvgIpc) is 2.74. The molecule has 0 aliphatic carbocycles. The zero-order chi connectivity index (χ0) is 11.0. The number of fused-ring (bicyclic) bond motifs is 1. The Morgan fingerprint density at radius 3 is 2.94 bits per heavy atom. The SMILES string of the molecule is Cc1ccc(-n2ccc3c[c]ccc32)nc1. The number of benzene rings is 1. The highest BCUT2D eigenvalue weighted by Crippen LogP contribution is 2.18. The van der Waals surface area contributed by atoms with Gasteiger partial charge in [-0.15, -0.1) is 0 Å². The van der Waals surface area contributed by atoms with Crippen LogP contribution in [0.2, 0.25) is 0 Å². The van der Waals surface area contributed by atoms with Crippen molar-refractivity contribution in [2.75, 3.05) is 0 Å². The Balaban J connectivity index is 2.22. The summed E-state index contributed by atoms with van der Waals surface area (Å²) >= 11 is 0. The minimum absolute atomic E-state index is 0.951. The van der Waals surface area contributed by atoms with E-state index in [1.165, 1.54) is 10.9 Å². The van der Waals surface area contributed by atoms with Gasteiger partial charge in [-0.3, -0.25) is 0 Å². The number of hydrogen-bond acceptors (Lipinski definition) is 1. The predicted octanol–water partition coefficient (Wildman–Crippen LogP) is 3.13. The maximum atomic E-state index is 4.42. The van der Waals surface area contributed by atoms with E-state index < -0.39 is 0 Å². The average molecular weight is 207 g/mol. The van der Waals surface area contributed by atoms with E-state index in [0.717, 1.165) is 11.3 Å². The highest BCUT2D eigenvalue weighted by Gasteiger charge is 2.02. The van der Waals surface area contributed by atoms with E-state index in [4.69, 9.17) is 0 Å². The van der Waals surface area contributed by atoms with Gasteiger partial charge in [-0.2, -0.15) is 0 Å². The van der Waals surface area contributed by atoms with Gasteiger partial charge in [0, 0.05) is 17.8 Å².